The lowest BCUT2D eigenvalue weighted by Crippen LogP contribution is -2.52. The first-order chi connectivity index (χ1) is 15.4. The molecule has 0 radical (unpaired) electrons. The van der Waals surface area contributed by atoms with Gasteiger partial charge in [0, 0.05) is 44.5 Å². The minimum Gasteiger partial charge on any atom is -0.368 e. The zero-order chi connectivity index (χ0) is 22.7. The van der Waals surface area contributed by atoms with E-state index < -0.39 is 0 Å². The molecule has 2 fully saturated rings. The summed E-state index contributed by atoms with van der Waals surface area (Å²) in [5, 5.41) is 3.07. The minimum atomic E-state index is 0.00184. The second-order valence-electron chi connectivity index (χ2n) is 9.57. The van der Waals surface area contributed by atoms with Gasteiger partial charge in [-0.1, -0.05) is 26.0 Å². The van der Waals surface area contributed by atoms with E-state index in [0.717, 1.165) is 56.1 Å². The van der Waals surface area contributed by atoms with Gasteiger partial charge in [0.2, 0.25) is 11.8 Å². The molecule has 32 heavy (non-hydrogen) atoms. The van der Waals surface area contributed by atoms with Gasteiger partial charge in [0.05, 0.1) is 17.3 Å². The first-order valence-electron chi connectivity index (χ1n) is 11.8. The van der Waals surface area contributed by atoms with Crippen LogP contribution in [0.5, 0.6) is 0 Å². The Morgan fingerprint density at radius 3 is 2.41 bits per heavy atom. The number of hydrogen-bond acceptors (Lipinski definition) is 4. The van der Waals surface area contributed by atoms with Crippen molar-refractivity contribution in [2.75, 3.05) is 36.4 Å². The number of anilines is 2. The number of hydrogen-bond donors (Lipinski definition) is 1. The summed E-state index contributed by atoms with van der Waals surface area (Å²) >= 11 is 0. The van der Waals surface area contributed by atoms with E-state index in [4.69, 9.17) is 0 Å². The topological polar surface area (TPSA) is 65.5 Å². The molecule has 3 heterocycles. The van der Waals surface area contributed by atoms with Crippen LogP contribution in [0.25, 0.3) is 0 Å². The molecule has 1 aromatic carbocycles. The molecule has 6 heteroatoms. The summed E-state index contributed by atoms with van der Waals surface area (Å²) in [7, 11) is 0. The number of aromatic nitrogens is 1. The van der Waals surface area contributed by atoms with Gasteiger partial charge in [-0.15, -0.1) is 0 Å². The summed E-state index contributed by atoms with van der Waals surface area (Å²) < 4.78 is 0. The van der Waals surface area contributed by atoms with Crippen molar-refractivity contribution >= 4 is 23.2 Å². The summed E-state index contributed by atoms with van der Waals surface area (Å²) in [4.78, 5) is 33.5. The molecule has 0 spiro atoms. The van der Waals surface area contributed by atoms with Crippen molar-refractivity contribution in [1.82, 2.24) is 9.88 Å². The van der Waals surface area contributed by atoms with E-state index in [1.54, 1.807) is 6.20 Å². The van der Waals surface area contributed by atoms with Gasteiger partial charge in [0.25, 0.3) is 0 Å². The first-order valence-corrected chi connectivity index (χ1v) is 11.8. The summed E-state index contributed by atoms with van der Waals surface area (Å²) in [5.74, 6) is 1.25. The summed E-state index contributed by atoms with van der Waals surface area (Å²) in [5.41, 5.74) is 4.25. The molecular formula is C26H34N4O2. The van der Waals surface area contributed by atoms with Crippen molar-refractivity contribution in [3.63, 3.8) is 0 Å². The molecule has 2 saturated heterocycles. The van der Waals surface area contributed by atoms with Gasteiger partial charge in [-0.2, -0.15) is 0 Å². The zero-order valence-corrected chi connectivity index (χ0v) is 19.4. The molecule has 4 rings (SSSR count). The Morgan fingerprint density at radius 1 is 1.09 bits per heavy atom. The molecular weight excluding hydrogens is 400 g/mol. The van der Waals surface area contributed by atoms with Crippen LogP contribution in [0.2, 0.25) is 0 Å². The van der Waals surface area contributed by atoms with E-state index in [9.17, 15) is 9.59 Å². The standard InChI is InChI=1S/C26H34N4O2/c1-18(2)15-25(31)29-13-10-21(11-14-29)20-6-8-23(9-7-20)28-26(32)22-16-30(17-22)24-5-4-12-27-19(24)3/h4-9,12,18,21-22H,10-11,13-17H2,1-3H3,(H,28,32). The van der Waals surface area contributed by atoms with Crippen LogP contribution in [0, 0.1) is 18.8 Å². The number of piperidine rings is 1. The predicted molar refractivity (Wildman–Crippen MR) is 128 cm³/mol. The fourth-order valence-electron chi connectivity index (χ4n) is 4.67. The highest BCUT2D eigenvalue weighted by Crippen LogP contribution is 2.30. The summed E-state index contributed by atoms with van der Waals surface area (Å²) in [6.07, 6.45) is 4.43. The van der Waals surface area contributed by atoms with E-state index in [0.29, 0.717) is 18.3 Å². The lowest BCUT2D eigenvalue weighted by Gasteiger charge is -2.40. The zero-order valence-electron chi connectivity index (χ0n) is 19.4. The van der Waals surface area contributed by atoms with Crippen molar-refractivity contribution in [2.45, 2.75) is 46.0 Å². The normalized spacial score (nSPS) is 17.4. The van der Waals surface area contributed by atoms with Crippen LogP contribution in [0.3, 0.4) is 0 Å². The Hall–Kier alpha value is -2.89. The van der Waals surface area contributed by atoms with Crippen LogP contribution in [0.1, 0.15) is 50.3 Å². The number of carbonyl (C=O) groups excluding carboxylic acids is 2. The number of carbonyl (C=O) groups is 2. The number of nitrogens with zero attached hydrogens (tertiary/aromatic N) is 3. The first kappa shape index (κ1) is 22.3. The number of aryl methyl sites for hydroxylation is 1. The number of pyridine rings is 1. The van der Waals surface area contributed by atoms with Gasteiger partial charge in [-0.05, 0) is 61.4 Å². The Labute approximate surface area is 191 Å². The van der Waals surface area contributed by atoms with E-state index in [1.165, 1.54) is 5.56 Å². The van der Waals surface area contributed by atoms with Crippen LogP contribution in [-0.2, 0) is 9.59 Å². The maximum absolute atomic E-state index is 12.6. The Bertz CT molecular complexity index is 943. The molecule has 0 bridgehead atoms. The number of amides is 2. The largest absolute Gasteiger partial charge is 0.368 e. The third-order valence-corrected chi connectivity index (χ3v) is 6.65. The average Bonchev–Trinajstić information content (AvgIpc) is 2.74. The van der Waals surface area contributed by atoms with Gasteiger partial charge in [-0.25, -0.2) is 0 Å². The van der Waals surface area contributed by atoms with Crippen molar-refractivity contribution in [3.8, 4) is 0 Å². The van der Waals surface area contributed by atoms with Crippen LogP contribution in [-0.4, -0.2) is 47.9 Å². The number of benzene rings is 1. The van der Waals surface area contributed by atoms with E-state index in [-0.39, 0.29) is 17.7 Å². The number of rotatable bonds is 6. The maximum Gasteiger partial charge on any atom is 0.231 e. The molecule has 6 nitrogen and oxygen atoms in total. The molecule has 1 N–H and O–H groups in total. The van der Waals surface area contributed by atoms with Crippen LogP contribution in [0.4, 0.5) is 11.4 Å². The van der Waals surface area contributed by atoms with Crippen molar-refractivity contribution in [1.29, 1.82) is 0 Å². The Morgan fingerprint density at radius 2 is 1.78 bits per heavy atom. The molecule has 2 aliphatic heterocycles. The molecule has 170 valence electrons. The summed E-state index contributed by atoms with van der Waals surface area (Å²) in [6, 6.07) is 12.2. The van der Waals surface area contributed by atoms with E-state index in [1.807, 2.05) is 30.0 Å². The molecule has 0 saturated carbocycles. The third kappa shape index (κ3) is 5.12. The maximum atomic E-state index is 12.6. The second-order valence-corrected chi connectivity index (χ2v) is 9.57. The summed E-state index contributed by atoms with van der Waals surface area (Å²) in [6.45, 7) is 9.31. The van der Waals surface area contributed by atoms with Gasteiger partial charge >= 0.3 is 0 Å². The van der Waals surface area contributed by atoms with Gasteiger partial charge in [-0.3, -0.25) is 14.6 Å². The highest BCUT2D eigenvalue weighted by molar-refractivity contribution is 5.94. The fourth-order valence-corrected chi connectivity index (χ4v) is 4.67. The average molecular weight is 435 g/mol. The SMILES string of the molecule is Cc1ncccc1N1CC(C(=O)Nc2ccc(C3CCN(C(=O)CC(C)C)CC3)cc2)C1. The van der Waals surface area contributed by atoms with Crippen LogP contribution < -0.4 is 10.2 Å². The smallest absolute Gasteiger partial charge is 0.231 e. The predicted octanol–water partition coefficient (Wildman–Crippen LogP) is 4.22. The molecule has 0 atom stereocenters. The Balaban J connectivity index is 1.25. The second kappa shape index (κ2) is 9.72. The van der Waals surface area contributed by atoms with Crippen LogP contribution in [0.15, 0.2) is 42.6 Å². The highest BCUT2D eigenvalue weighted by Gasteiger charge is 2.33. The number of nitrogens with one attached hydrogen (secondary N) is 1. The lowest BCUT2D eigenvalue weighted by molar-refractivity contribution is -0.133. The van der Waals surface area contributed by atoms with Crippen molar-refractivity contribution < 1.29 is 9.59 Å². The molecule has 2 aromatic rings. The molecule has 2 aliphatic rings. The monoisotopic (exact) mass is 434 g/mol. The van der Waals surface area contributed by atoms with Crippen molar-refractivity contribution in [3.05, 3.63) is 53.9 Å². The quantitative estimate of drug-likeness (QED) is 0.739. The van der Waals surface area contributed by atoms with Gasteiger partial charge < -0.3 is 15.1 Å². The third-order valence-electron chi connectivity index (χ3n) is 6.65. The molecule has 1 aromatic heterocycles. The number of likely N-dealkylation sites (tertiary alicyclic amines) is 1. The van der Waals surface area contributed by atoms with Gasteiger partial charge in [0.15, 0.2) is 0 Å². The minimum absolute atomic E-state index is 0.00184. The molecule has 2 amide bonds. The van der Waals surface area contributed by atoms with Crippen molar-refractivity contribution in [2.24, 2.45) is 11.8 Å². The van der Waals surface area contributed by atoms with Crippen LogP contribution >= 0.6 is 0 Å². The van der Waals surface area contributed by atoms with Gasteiger partial charge in [0.1, 0.15) is 0 Å². The molecule has 0 unspecified atom stereocenters. The van der Waals surface area contributed by atoms with E-state index >= 15 is 0 Å². The Kier molecular flexibility index (Phi) is 6.77. The molecule has 0 aliphatic carbocycles. The fraction of sp³-hybridized carbons (Fsp3) is 0.500. The van der Waals surface area contributed by atoms with E-state index in [2.05, 4.69) is 47.2 Å². The lowest BCUT2D eigenvalue weighted by atomic mass is 9.89. The highest BCUT2D eigenvalue weighted by atomic mass is 16.2.